The Bertz CT molecular complexity index is 673. The number of halogens is 2. The molecule has 5 heteroatoms. The van der Waals surface area contributed by atoms with Gasteiger partial charge in [0.05, 0.1) is 22.3 Å². The van der Waals surface area contributed by atoms with E-state index in [0.29, 0.717) is 10.0 Å². The van der Waals surface area contributed by atoms with Crippen LogP contribution in [0.2, 0.25) is 10.0 Å². The molecule has 2 aromatic carbocycles. The highest BCUT2D eigenvalue weighted by Gasteiger charge is 2.18. The van der Waals surface area contributed by atoms with E-state index in [1.165, 1.54) is 6.07 Å². The van der Waals surface area contributed by atoms with Crippen molar-refractivity contribution in [2.45, 2.75) is 13.0 Å². The van der Waals surface area contributed by atoms with Crippen LogP contribution in [0.3, 0.4) is 0 Å². The van der Waals surface area contributed by atoms with E-state index in [2.05, 4.69) is 0 Å². The van der Waals surface area contributed by atoms with Gasteiger partial charge >= 0.3 is 5.97 Å². The van der Waals surface area contributed by atoms with Crippen LogP contribution in [0.5, 0.6) is 0 Å². The maximum atomic E-state index is 10.9. The van der Waals surface area contributed by atoms with Gasteiger partial charge in [-0.2, -0.15) is 0 Å². The Morgan fingerprint density at radius 2 is 1.81 bits per heavy atom. The highest BCUT2D eigenvalue weighted by Crippen LogP contribution is 2.34. The molecule has 0 aliphatic heterocycles. The zero-order valence-corrected chi connectivity index (χ0v) is 13.2. The van der Waals surface area contributed by atoms with E-state index in [1.807, 2.05) is 43.1 Å². The maximum Gasteiger partial charge on any atom is 0.335 e. The number of aromatic carboxylic acids is 1. The van der Waals surface area contributed by atoms with Crippen LogP contribution in [0.4, 0.5) is 5.69 Å². The van der Waals surface area contributed by atoms with Crippen LogP contribution < -0.4 is 4.90 Å². The first-order chi connectivity index (χ1) is 9.91. The Morgan fingerprint density at radius 3 is 2.38 bits per heavy atom. The molecule has 1 N–H and O–H groups in total. The van der Waals surface area contributed by atoms with E-state index < -0.39 is 5.97 Å². The van der Waals surface area contributed by atoms with Crippen LogP contribution in [-0.2, 0) is 0 Å². The lowest BCUT2D eigenvalue weighted by molar-refractivity contribution is 0.0697. The number of nitrogens with zero attached hydrogens (tertiary/aromatic N) is 1. The van der Waals surface area contributed by atoms with Gasteiger partial charge in [0.15, 0.2) is 0 Å². The fraction of sp³-hybridized carbons (Fsp3) is 0.188. The third-order valence-corrected chi connectivity index (χ3v) is 4.16. The Balaban J connectivity index is 2.34. The van der Waals surface area contributed by atoms with E-state index in [9.17, 15) is 4.79 Å². The molecular weight excluding hydrogens is 309 g/mol. The van der Waals surface area contributed by atoms with E-state index in [-0.39, 0.29) is 11.6 Å². The number of carboxylic acids is 1. The summed E-state index contributed by atoms with van der Waals surface area (Å²) in [4.78, 5) is 12.9. The Labute approximate surface area is 133 Å². The summed E-state index contributed by atoms with van der Waals surface area (Å²) in [7, 11) is 1.90. The quantitative estimate of drug-likeness (QED) is 0.870. The molecule has 2 aromatic rings. The molecule has 0 fully saturated rings. The zero-order chi connectivity index (χ0) is 15.6. The average Bonchev–Trinajstić information content (AvgIpc) is 2.46. The topological polar surface area (TPSA) is 40.5 Å². The normalized spacial score (nSPS) is 12.0. The highest BCUT2D eigenvalue weighted by molar-refractivity contribution is 6.33. The van der Waals surface area contributed by atoms with Gasteiger partial charge in [-0.05, 0) is 36.8 Å². The number of hydrogen-bond acceptors (Lipinski definition) is 2. The van der Waals surface area contributed by atoms with Gasteiger partial charge in [0, 0.05) is 12.1 Å². The van der Waals surface area contributed by atoms with Crippen molar-refractivity contribution in [2.75, 3.05) is 11.9 Å². The van der Waals surface area contributed by atoms with Crippen LogP contribution >= 0.6 is 23.2 Å². The Hall–Kier alpha value is -1.71. The molecule has 1 atom stereocenters. The second-order valence-electron chi connectivity index (χ2n) is 4.78. The fourth-order valence-electron chi connectivity index (χ4n) is 2.16. The summed E-state index contributed by atoms with van der Waals surface area (Å²) in [5.74, 6) is -0.995. The van der Waals surface area contributed by atoms with Crippen molar-refractivity contribution in [3.05, 3.63) is 63.6 Å². The number of hydrogen-bond donors (Lipinski definition) is 1. The van der Waals surface area contributed by atoms with Gasteiger partial charge in [-0.3, -0.25) is 0 Å². The molecule has 1 unspecified atom stereocenters. The van der Waals surface area contributed by atoms with Crippen LogP contribution in [0, 0.1) is 0 Å². The van der Waals surface area contributed by atoms with Crippen LogP contribution in [0.1, 0.15) is 28.9 Å². The lowest BCUT2D eigenvalue weighted by atomic mass is 10.1. The molecule has 21 heavy (non-hydrogen) atoms. The number of anilines is 1. The van der Waals surface area contributed by atoms with Crippen LogP contribution in [0.25, 0.3) is 0 Å². The minimum atomic E-state index is -0.995. The standard InChI is InChI=1S/C16H15Cl2NO2/c1-10(12-5-3-4-6-13(12)17)19(2)15-8-7-11(16(20)21)9-14(15)18/h3-10H,1-2H3,(H,20,21). The summed E-state index contributed by atoms with van der Waals surface area (Å²) < 4.78 is 0. The summed E-state index contributed by atoms with van der Waals surface area (Å²) in [5, 5.41) is 10.1. The molecule has 110 valence electrons. The predicted octanol–water partition coefficient (Wildman–Crippen LogP) is 4.89. The molecule has 3 nitrogen and oxygen atoms in total. The summed E-state index contributed by atoms with van der Waals surface area (Å²) in [6, 6.07) is 12.3. The van der Waals surface area contributed by atoms with Gasteiger partial charge < -0.3 is 10.0 Å². The minimum Gasteiger partial charge on any atom is -0.478 e. The molecule has 0 amide bonds. The van der Waals surface area contributed by atoms with Crippen molar-refractivity contribution in [3.8, 4) is 0 Å². The first kappa shape index (κ1) is 15.7. The molecule has 2 rings (SSSR count). The van der Waals surface area contributed by atoms with Gasteiger partial charge in [0.1, 0.15) is 0 Å². The SMILES string of the molecule is CC(c1ccccc1Cl)N(C)c1ccc(C(=O)O)cc1Cl. The van der Waals surface area contributed by atoms with Crippen molar-refractivity contribution in [2.24, 2.45) is 0 Å². The van der Waals surface area contributed by atoms with E-state index in [4.69, 9.17) is 28.3 Å². The summed E-state index contributed by atoms with van der Waals surface area (Å²) in [6.07, 6.45) is 0. The van der Waals surface area contributed by atoms with E-state index >= 15 is 0 Å². The van der Waals surface area contributed by atoms with Gasteiger partial charge in [-0.1, -0.05) is 41.4 Å². The predicted molar refractivity (Wildman–Crippen MR) is 86.7 cm³/mol. The molecule has 0 aliphatic carbocycles. The van der Waals surface area contributed by atoms with Gasteiger partial charge in [0.25, 0.3) is 0 Å². The average molecular weight is 324 g/mol. The molecule has 0 spiro atoms. The maximum absolute atomic E-state index is 10.9. The zero-order valence-electron chi connectivity index (χ0n) is 11.7. The number of carbonyl (C=O) groups is 1. The molecule has 0 heterocycles. The van der Waals surface area contributed by atoms with Crippen LogP contribution in [0.15, 0.2) is 42.5 Å². The molecule has 0 saturated heterocycles. The van der Waals surface area contributed by atoms with Gasteiger partial charge in [-0.25, -0.2) is 4.79 Å². The van der Waals surface area contributed by atoms with Crippen molar-refractivity contribution in [1.29, 1.82) is 0 Å². The molecule has 0 saturated carbocycles. The van der Waals surface area contributed by atoms with Crippen molar-refractivity contribution in [1.82, 2.24) is 0 Å². The molecule has 0 bridgehead atoms. The van der Waals surface area contributed by atoms with Crippen molar-refractivity contribution >= 4 is 34.9 Å². The minimum absolute atomic E-state index is 0.00637. The van der Waals surface area contributed by atoms with Crippen molar-refractivity contribution < 1.29 is 9.90 Å². The largest absolute Gasteiger partial charge is 0.478 e. The Kier molecular flexibility index (Phi) is 4.76. The molecule has 0 aromatic heterocycles. The third-order valence-electron chi connectivity index (χ3n) is 3.51. The molecule has 0 radical (unpaired) electrons. The highest BCUT2D eigenvalue weighted by atomic mass is 35.5. The first-order valence-electron chi connectivity index (χ1n) is 6.42. The number of carboxylic acid groups (broad SMARTS) is 1. The monoisotopic (exact) mass is 323 g/mol. The number of benzene rings is 2. The summed E-state index contributed by atoms with van der Waals surface area (Å²) in [5.41, 5.74) is 1.91. The Morgan fingerprint density at radius 1 is 1.14 bits per heavy atom. The lowest BCUT2D eigenvalue weighted by Crippen LogP contribution is -2.22. The van der Waals surface area contributed by atoms with Gasteiger partial charge in [0.2, 0.25) is 0 Å². The lowest BCUT2D eigenvalue weighted by Gasteiger charge is -2.29. The third kappa shape index (κ3) is 3.31. The van der Waals surface area contributed by atoms with E-state index in [1.54, 1.807) is 12.1 Å². The smallest absolute Gasteiger partial charge is 0.335 e. The fourth-order valence-corrected chi connectivity index (χ4v) is 2.76. The first-order valence-corrected chi connectivity index (χ1v) is 7.17. The van der Waals surface area contributed by atoms with Crippen molar-refractivity contribution in [3.63, 3.8) is 0 Å². The van der Waals surface area contributed by atoms with E-state index in [0.717, 1.165) is 11.3 Å². The van der Waals surface area contributed by atoms with Crippen LogP contribution in [-0.4, -0.2) is 18.1 Å². The summed E-state index contributed by atoms with van der Waals surface area (Å²) >= 11 is 12.4. The summed E-state index contributed by atoms with van der Waals surface area (Å²) in [6.45, 7) is 2.02. The molecule has 0 aliphatic rings. The second kappa shape index (κ2) is 6.37. The molecular formula is C16H15Cl2NO2. The number of rotatable bonds is 4. The van der Waals surface area contributed by atoms with Gasteiger partial charge in [-0.15, -0.1) is 0 Å². The second-order valence-corrected chi connectivity index (χ2v) is 5.59.